The molecule has 2 amide bonds. The standard InChI is InChI=1S/C23H29N3O2S/c27-22-15-19(23(28)24-11-8-21-7-4-14-29-21)17-26(22)20-9-12-25(13-10-20)16-18-5-2-1-3-6-18/h1-7,14,19-20H,8-13,15-17H2,(H,24,28). The summed E-state index contributed by atoms with van der Waals surface area (Å²) in [6.45, 7) is 4.19. The summed E-state index contributed by atoms with van der Waals surface area (Å²) in [5.41, 5.74) is 1.34. The number of piperidine rings is 1. The molecule has 1 aromatic carbocycles. The molecule has 1 N–H and O–H groups in total. The molecule has 0 saturated carbocycles. The van der Waals surface area contributed by atoms with Crippen molar-refractivity contribution in [2.75, 3.05) is 26.2 Å². The third-order valence-corrected chi connectivity index (χ3v) is 6.96. The Morgan fingerprint density at radius 1 is 1.10 bits per heavy atom. The Morgan fingerprint density at radius 3 is 2.62 bits per heavy atom. The van der Waals surface area contributed by atoms with Crippen molar-refractivity contribution >= 4 is 23.2 Å². The molecular weight excluding hydrogens is 382 g/mol. The summed E-state index contributed by atoms with van der Waals surface area (Å²) in [5, 5.41) is 5.07. The minimum absolute atomic E-state index is 0.0268. The summed E-state index contributed by atoms with van der Waals surface area (Å²) in [4.78, 5) is 30.8. The van der Waals surface area contributed by atoms with Crippen molar-refractivity contribution in [1.82, 2.24) is 15.1 Å². The van der Waals surface area contributed by atoms with Gasteiger partial charge in [0.25, 0.3) is 0 Å². The summed E-state index contributed by atoms with van der Waals surface area (Å²) in [7, 11) is 0. The molecule has 154 valence electrons. The van der Waals surface area contributed by atoms with Gasteiger partial charge in [0.1, 0.15) is 0 Å². The zero-order valence-electron chi connectivity index (χ0n) is 16.8. The number of hydrogen-bond acceptors (Lipinski definition) is 4. The maximum absolute atomic E-state index is 12.6. The molecule has 6 heteroatoms. The quantitative estimate of drug-likeness (QED) is 0.762. The highest BCUT2D eigenvalue weighted by Crippen LogP contribution is 2.26. The van der Waals surface area contributed by atoms with Crippen LogP contribution in [0.5, 0.6) is 0 Å². The van der Waals surface area contributed by atoms with Gasteiger partial charge in [-0.25, -0.2) is 0 Å². The van der Waals surface area contributed by atoms with Crippen LogP contribution in [0.2, 0.25) is 0 Å². The number of carbonyl (C=O) groups excluding carboxylic acids is 2. The van der Waals surface area contributed by atoms with E-state index in [1.165, 1.54) is 10.4 Å². The molecule has 4 rings (SSSR count). The Bertz CT molecular complexity index is 801. The zero-order valence-corrected chi connectivity index (χ0v) is 17.6. The predicted octanol–water partition coefficient (Wildman–Crippen LogP) is 2.92. The Morgan fingerprint density at radius 2 is 1.90 bits per heavy atom. The van der Waals surface area contributed by atoms with Gasteiger partial charge >= 0.3 is 0 Å². The zero-order chi connectivity index (χ0) is 20.1. The van der Waals surface area contributed by atoms with E-state index < -0.39 is 0 Å². The van der Waals surface area contributed by atoms with Crippen LogP contribution in [-0.4, -0.2) is 53.8 Å². The van der Waals surface area contributed by atoms with Gasteiger partial charge in [-0.05, 0) is 36.3 Å². The third-order valence-electron chi connectivity index (χ3n) is 6.03. The smallest absolute Gasteiger partial charge is 0.225 e. The van der Waals surface area contributed by atoms with Gasteiger partial charge in [-0.1, -0.05) is 36.4 Å². The molecule has 1 unspecified atom stereocenters. The van der Waals surface area contributed by atoms with Crippen molar-refractivity contribution in [3.8, 4) is 0 Å². The lowest BCUT2D eigenvalue weighted by Crippen LogP contribution is -2.45. The van der Waals surface area contributed by atoms with Crippen LogP contribution in [0.25, 0.3) is 0 Å². The van der Waals surface area contributed by atoms with E-state index in [9.17, 15) is 9.59 Å². The number of nitrogens with one attached hydrogen (secondary N) is 1. The van der Waals surface area contributed by atoms with E-state index >= 15 is 0 Å². The van der Waals surface area contributed by atoms with Gasteiger partial charge in [0.2, 0.25) is 11.8 Å². The van der Waals surface area contributed by atoms with Crippen LogP contribution in [0.15, 0.2) is 47.8 Å². The van der Waals surface area contributed by atoms with E-state index in [1.807, 2.05) is 17.0 Å². The Labute approximate surface area is 176 Å². The number of likely N-dealkylation sites (tertiary alicyclic amines) is 2. The average Bonchev–Trinajstić information content (AvgIpc) is 3.39. The lowest BCUT2D eigenvalue weighted by molar-refractivity contribution is -0.131. The predicted molar refractivity (Wildman–Crippen MR) is 116 cm³/mol. The van der Waals surface area contributed by atoms with Crippen LogP contribution < -0.4 is 5.32 Å². The van der Waals surface area contributed by atoms with Gasteiger partial charge in [-0.3, -0.25) is 14.5 Å². The molecular formula is C23H29N3O2S. The molecule has 1 atom stereocenters. The minimum atomic E-state index is -0.201. The number of benzene rings is 1. The van der Waals surface area contributed by atoms with E-state index in [0.29, 0.717) is 19.5 Å². The second-order valence-electron chi connectivity index (χ2n) is 8.06. The van der Waals surface area contributed by atoms with E-state index in [4.69, 9.17) is 0 Å². The van der Waals surface area contributed by atoms with Gasteiger partial charge in [-0.2, -0.15) is 0 Å². The molecule has 1 aromatic heterocycles. The molecule has 2 fully saturated rings. The van der Waals surface area contributed by atoms with Gasteiger partial charge < -0.3 is 10.2 Å². The van der Waals surface area contributed by atoms with Crippen molar-refractivity contribution in [2.24, 2.45) is 5.92 Å². The number of amides is 2. The van der Waals surface area contributed by atoms with Crippen LogP contribution in [0, 0.1) is 5.92 Å². The number of rotatable bonds is 7. The van der Waals surface area contributed by atoms with Gasteiger partial charge in [0.15, 0.2) is 0 Å². The second kappa shape index (κ2) is 9.55. The van der Waals surface area contributed by atoms with E-state index in [-0.39, 0.29) is 23.8 Å². The number of carbonyl (C=O) groups is 2. The van der Waals surface area contributed by atoms with Gasteiger partial charge in [0, 0.05) is 50.1 Å². The fourth-order valence-corrected chi connectivity index (χ4v) is 5.11. The van der Waals surface area contributed by atoms with Gasteiger partial charge in [0.05, 0.1) is 5.92 Å². The minimum Gasteiger partial charge on any atom is -0.355 e. The third kappa shape index (κ3) is 5.25. The summed E-state index contributed by atoms with van der Waals surface area (Å²) in [6, 6.07) is 14.9. The molecule has 2 saturated heterocycles. The first-order valence-corrected chi connectivity index (χ1v) is 11.4. The molecule has 29 heavy (non-hydrogen) atoms. The number of hydrogen-bond donors (Lipinski definition) is 1. The van der Waals surface area contributed by atoms with Crippen LogP contribution in [0.4, 0.5) is 0 Å². The molecule has 0 bridgehead atoms. The average molecular weight is 412 g/mol. The lowest BCUT2D eigenvalue weighted by atomic mass is 10.0. The highest BCUT2D eigenvalue weighted by molar-refractivity contribution is 7.09. The van der Waals surface area contributed by atoms with Crippen LogP contribution >= 0.6 is 11.3 Å². The fourth-order valence-electron chi connectivity index (χ4n) is 4.40. The first-order valence-electron chi connectivity index (χ1n) is 10.5. The van der Waals surface area contributed by atoms with E-state index in [0.717, 1.165) is 38.9 Å². The molecule has 5 nitrogen and oxygen atoms in total. The normalized spacial score (nSPS) is 20.9. The van der Waals surface area contributed by atoms with E-state index in [2.05, 4.69) is 45.9 Å². The van der Waals surface area contributed by atoms with Crippen LogP contribution in [-0.2, 0) is 22.6 Å². The van der Waals surface area contributed by atoms with Crippen LogP contribution in [0.3, 0.4) is 0 Å². The summed E-state index contributed by atoms with van der Waals surface area (Å²) < 4.78 is 0. The van der Waals surface area contributed by atoms with Crippen LogP contribution in [0.1, 0.15) is 29.7 Å². The monoisotopic (exact) mass is 411 g/mol. The Kier molecular flexibility index (Phi) is 6.62. The topological polar surface area (TPSA) is 52.7 Å². The Balaban J connectivity index is 1.21. The van der Waals surface area contributed by atoms with Gasteiger partial charge in [-0.15, -0.1) is 11.3 Å². The molecule has 2 aliphatic heterocycles. The maximum Gasteiger partial charge on any atom is 0.225 e. The van der Waals surface area contributed by atoms with Crippen molar-refractivity contribution in [1.29, 1.82) is 0 Å². The summed E-state index contributed by atoms with van der Waals surface area (Å²) >= 11 is 1.71. The lowest BCUT2D eigenvalue weighted by Gasteiger charge is -2.36. The van der Waals surface area contributed by atoms with Crippen molar-refractivity contribution in [3.63, 3.8) is 0 Å². The molecule has 0 aliphatic carbocycles. The van der Waals surface area contributed by atoms with E-state index in [1.54, 1.807) is 11.3 Å². The first-order chi connectivity index (χ1) is 14.2. The highest BCUT2D eigenvalue weighted by Gasteiger charge is 2.38. The summed E-state index contributed by atoms with van der Waals surface area (Å²) in [5.74, 6) is -0.0305. The van der Waals surface area contributed by atoms with Crippen molar-refractivity contribution in [3.05, 3.63) is 58.3 Å². The Hall–Kier alpha value is -2.18. The first kappa shape index (κ1) is 20.1. The highest BCUT2D eigenvalue weighted by atomic mass is 32.1. The molecule has 0 radical (unpaired) electrons. The maximum atomic E-state index is 12.6. The second-order valence-corrected chi connectivity index (χ2v) is 9.09. The SMILES string of the molecule is O=C(NCCc1cccs1)C1CC(=O)N(C2CCN(Cc3ccccc3)CC2)C1. The largest absolute Gasteiger partial charge is 0.355 e. The number of nitrogens with zero attached hydrogens (tertiary/aromatic N) is 2. The fraction of sp³-hybridized carbons (Fsp3) is 0.478. The molecule has 3 heterocycles. The number of thiophene rings is 1. The molecule has 0 spiro atoms. The molecule has 2 aromatic rings. The summed E-state index contributed by atoms with van der Waals surface area (Å²) in [6.07, 6.45) is 3.19. The van der Waals surface area contributed by atoms with Crippen molar-refractivity contribution < 1.29 is 9.59 Å². The molecule has 2 aliphatic rings. The van der Waals surface area contributed by atoms with Crippen molar-refractivity contribution in [2.45, 2.75) is 38.3 Å².